The first-order chi connectivity index (χ1) is 9.08. The fourth-order valence-electron chi connectivity index (χ4n) is 1.69. The van der Waals surface area contributed by atoms with Crippen molar-refractivity contribution in [2.75, 3.05) is 6.54 Å². The summed E-state index contributed by atoms with van der Waals surface area (Å²) in [6, 6.07) is -0.701. The predicted octanol–water partition coefficient (Wildman–Crippen LogP) is -1.09. The number of nitrogens with two attached hydrogens (primary N) is 1. The maximum atomic E-state index is 11.9. The van der Waals surface area contributed by atoms with E-state index in [0.29, 0.717) is 18.5 Å². The number of rotatable bonds is 5. The Bertz CT molecular complexity index is 559. The van der Waals surface area contributed by atoms with Gasteiger partial charge >= 0.3 is 0 Å². The summed E-state index contributed by atoms with van der Waals surface area (Å²) in [7, 11) is 3.64. The van der Waals surface area contributed by atoms with Gasteiger partial charge in [0.15, 0.2) is 0 Å². The van der Waals surface area contributed by atoms with Crippen LogP contribution in [0.5, 0.6) is 0 Å². The first-order valence-corrected chi connectivity index (χ1v) is 5.92. The fourth-order valence-corrected chi connectivity index (χ4v) is 1.69. The van der Waals surface area contributed by atoms with E-state index < -0.39 is 6.04 Å². The quantitative estimate of drug-likeness (QED) is 0.713. The van der Waals surface area contributed by atoms with Crippen LogP contribution in [0.2, 0.25) is 0 Å². The summed E-state index contributed by atoms with van der Waals surface area (Å²) in [4.78, 5) is 11.9. The van der Waals surface area contributed by atoms with E-state index in [4.69, 9.17) is 5.73 Å². The molecule has 2 rings (SSSR count). The van der Waals surface area contributed by atoms with Crippen molar-refractivity contribution in [3.63, 3.8) is 0 Å². The average molecular weight is 263 g/mol. The van der Waals surface area contributed by atoms with Crippen LogP contribution < -0.4 is 11.1 Å². The third-order valence-corrected chi connectivity index (χ3v) is 2.82. The molecule has 0 saturated heterocycles. The van der Waals surface area contributed by atoms with Crippen molar-refractivity contribution < 1.29 is 4.79 Å². The summed E-state index contributed by atoms with van der Waals surface area (Å²) in [5.41, 5.74) is 6.54. The second-order valence-corrected chi connectivity index (χ2v) is 4.32. The minimum Gasteiger partial charge on any atom is -0.354 e. The van der Waals surface area contributed by atoms with Crippen molar-refractivity contribution in [2.24, 2.45) is 19.8 Å². The van der Waals surface area contributed by atoms with E-state index in [1.165, 1.54) is 0 Å². The SMILES string of the molecule is Cn1cc(C(N)C(=O)NCCc2nncn2C)cn1. The van der Waals surface area contributed by atoms with Gasteiger partial charge in [-0.05, 0) is 0 Å². The Morgan fingerprint density at radius 3 is 2.89 bits per heavy atom. The predicted molar refractivity (Wildman–Crippen MR) is 67.9 cm³/mol. The van der Waals surface area contributed by atoms with Gasteiger partial charge in [-0.15, -0.1) is 10.2 Å². The lowest BCUT2D eigenvalue weighted by Gasteiger charge is -2.10. The van der Waals surface area contributed by atoms with Gasteiger partial charge < -0.3 is 15.6 Å². The molecule has 0 bridgehead atoms. The molecule has 3 N–H and O–H groups in total. The molecule has 2 heterocycles. The Hall–Kier alpha value is -2.22. The second-order valence-electron chi connectivity index (χ2n) is 4.32. The molecule has 1 amide bonds. The van der Waals surface area contributed by atoms with Crippen LogP contribution in [-0.4, -0.2) is 37.0 Å². The zero-order valence-corrected chi connectivity index (χ0v) is 10.9. The molecule has 8 heteroatoms. The number of nitrogens with zero attached hydrogens (tertiary/aromatic N) is 5. The van der Waals surface area contributed by atoms with Gasteiger partial charge in [-0.1, -0.05) is 0 Å². The first kappa shape index (κ1) is 13.2. The smallest absolute Gasteiger partial charge is 0.241 e. The van der Waals surface area contributed by atoms with Gasteiger partial charge in [-0.25, -0.2) is 0 Å². The minimum absolute atomic E-state index is 0.227. The fraction of sp³-hybridized carbons (Fsp3) is 0.455. The van der Waals surface area contributed by atoms with Crippen LogP contribution in [0, 0.1) is 0 Å². The standard InChI is InChI=1S/C11H17N7O/c1-17-7-14-16-9(17)3-4-13-11(19)10(12)8-5-15-18(2)6-8/h5-7,10H,3-4,12H2,1-2H3,(H,13,19). The minimum atomic E-state index is -0.701. The summed E-state index contributed by atoms with van der Waals surface area (Å²) >= 11 is 0. The highest BCUT2D eigenvalue weighted by atomic mass is 16.2. The molecule has 19 heavy (non-hydrogen) atoms. The highest BCUT2D eigenvalue weighted by molar-refractivity contribution is 5.82. The molecule has 2 aromatic heterocycles. The van der Waals surface area contributed by atoms with Crippen LogP contribution in [0.3, 0.4) is 0 Å². The van der Waals surface area contributed by atoms with Gasteiger partial charge in [0.25, 0.3) is 0 Å². The Kier molecular flexibility index (Phi) is 3.91. The summed E-state index contributed by atoms with van der Waals surface area (Å²) in [5, 5.41) is 14.5. The molecule has 0 fully saturated rings. The van der Waals surface area contributed by atoms with Crippen LogP contribution in [-0.2, 0) is 25.3 Å². The van der Waals surface area contributed by atoms with E-state index in [1.807, 2.05) is 11.6 Å². The van der Waals surface area contributed by atoms with Gasteiger partial charge in [0.1, 0.15) is 18.2 Å². The Balaban J connectivity index is 1.83. The third-order valence-electron chi connectivity index (χ3n) is 2.82. The molecule has 0 radical (unpaired) electrons. The van der Waals surface area contributed by atoms with Crippen LogP contribution >= 0.6 is 0 Å². The molecule has 2 aromatic rings. The van der Waals surface area contributed by atoms with Crippen molar-refractivity contribution in [3.8, 4) is 0 Å². The molecular formula is C11H17N7O. The van der Waals surface area contributed by atoms with Crippen LogP contribution in [0.4, 0.5) is 0 Å². The van der Waals surface area contributed by atoms with Gasteiger partial charge in [-0.2, -0.15) is 5.10 Å². The second kappa shape index (κ2) is 5.61. The van der Waals surface area contributed by atoms with Gasteiger partial charge in [0.05, 0.1) is 6.20 Å². The highest BCUT2D eigenvalue weighted by Crippen LogP contribution is 2.08. The number of aromatic nitrogens is 5. The van der Waals surface area contributed by atoms with E-state index in [9.17, 15) is 4.79 Å². The molecule has 8 nitrogen and oxygen atoms in total. The van der Waals surface area contributed by atoms with E-state index in [1.54, 1.807) is 30.5 Å². The van der Waals surface area contributed by atoms with Crippen molar-refractivity contribution >= 4 is 5.91 Å². The lowest BCUT2D eigenvalue weighted by Crippen LogP contribution is -2.35. The molecule has 102 valence electrons. The molecule has 0 aliphatic heterocycles. The van der Waals surface area contributed by atoms with Gasteiger partial charge in [0.2, 0.25) is 5.91 Å². The summed E-state index contributed by atoms with van der Waals surface area (Å²) in [6.07, 6.45) is 5.56. The number of carbonyl (C=O) groups excluding carboxylic acids is 1. The third kappa shape index (κ3) is 3.16. The molecule has 0 aliphatic rings. The lowest BCUT2D eigenvalue weighted by molar-refractivity contribution is -0.122. The lowest BCUT2D eigenvalue weighted by atomic mass is 10.1. The number of hydrogen-bond donors (Lipinski definition) is 2. The Labute approximate surface area is 110 Å². The molecular weight excluding hydrogens is 246 g/mol. The van der Waals surface area contributed by atoms with Crippen LogP contribution in [0.25, 0.3) is 0 Å². The number of aryl methyl sites for hydroxylation is 2. The highest BCUT2D eigenvalue weighted by Gasteiger charge is 2.16. The summed E-state index contributed by atoms with van der Waals surface area (Å²) < 4.78 is 3.43. The zero-order chi connectivity index (χ0) is 13.8. The maximum Gasteiger partial charge on any atom is 0.241 e. The zero-order valence-electron chi connectivity index (χ0n) is 10.9. The first-order valence-electron chi connectivity index (χ1n) is 5.92. The number of hydrogen-bond acceptors (Lipinski definition) is 5. The van der Waals surface area contributed by atoms with Crippen LogP contribution in [0.1, 0.15) is 17.4 Å². The average Bonchev–Trinajstić information content (AvgIpc) is 2.98. The maximum absolute atomic E-state index is 11.9. The summed E-state index contributed by atoms with van der Waals surface area (Å²) in [6.45, 7) is 0.472. The van der Waals surface area contributed by atoms with Crippen molar-refractivity contribution in [3.05, 3.63) is 30.1 Å². The van der Waals surface area contributed by atoms with Crippen molar-refractivity contribution in [2.45, 2.75) is 12.5 Å². The van der Waals surface area contributed by atoms with Crippen molar-refractivity contribution in [1.29, 1.82) is 0 Å². The van der Waals surface area contributed by atoms with E-state index in [0.717, 1.165) is 5.82 Å². The topological polar surface area (TPSA) is 104 Å². The van der Waals surface area contributed by atoms with E-state index in [-0.39, 0.29) is 5.91 Å². The molecule has 0 spiro atoms. The van der Waals surface area contributed by atoms with E-state index in [2.05, 4.69) is 20.6 Å². The molecule has 0 aliphatic carbocycles. The van der Waals surface area contributed by atoms with Crippen LogP contribution in [0.15, 0.2) is 18.7 Å². The number of nitrogens with one attached hydrogen (secondary N) is 1. The van der Waals surface area contributed by atoms with Gasteiger partial charge in [-0.3, -0.25) is 9.48 Å². The number of amides is 1. The summed E-state index contributed by atoms with van der Waals surface area (Å²) in [5.74, 6) is 0.588. The largest absolute Gasteiger partial charge is 0.354 e. The normalized spacial score (nSPS) is 12.4. The monoisotopic (exact) mass is 263 g/mol. The Morgan fingerprint density at radius 1 is 1.53 bits per heavy atom. The molecule has 1 atom stereocenters. The molecule has 1 unspecified atom stereocenters. The Morgan fingerprint density at radius 2 is 2.32 bits per heavy atom. The molecule has 0 aromatic carbocycles. The molecule has 0 saturated carbocycles. The van der Waals surface area contributed by atoms with E-state index >= 15 is 0 Å². The van der Waals surface area contributed by atoms with Gasteiger partial charge in [0, 0.05) is 38.8 Å². The van der Waals surface area contributed by atoms with Crippen molar-refractivity contribution in [1.82, 2.24) is 29.9 Å². The number of carbonyl (C=O) groups is 1.